The van der Waals surface area contributed by atoms with Gasteiger partial charge in [0.1, 0.15) is 6.61 Å². The van der Waals surface area contributed by atoms with Crippen molar-refractivity contribution >= 4 is 40.8 Å². The monoisotopic (exact) mass is 277 g/mol. The van der Waals surface area contributed by atoms with E-state index in [1.807, 2.05) is 0 Å². The Balaban J connectivity index is 3.01. The van der Waals surface area contributed by atoms with Crippen molar-refractivity contribution in [2.24, 2.45) is 0 Å². The molecule has 0 unspecified atom stereocenters. The van der Waals surface area contributed by atoms with Crippen LogP contribution in [0.4, 0.5) is 5.69 Å². The molecule has 5 nitrogen and oxygen atoms in total. The minimum atomic E-state index is -1.15. The van der Waals surface area contributed by atoms with Crippen LogP contribution in [0.15, 0.2) is 12.1 Å². The minimum Gasteiger partial charge on any atom is -0.478 e. The summed E-state index contributed by atoms with van der Waals surface area (Å²) in [5.74, 6) is -1.58. The summed E-state index contributed by atoms with van der Waals surface area (Å²) in [6.07, 6.45) is 0. The zero-order valence-electron chi connectivity index (χ0n) is 8.79. The van der Waals surface area contributed by atoms with E-state index >= 15 is 0 Å². The highest BCUT2D eigenvalue weighted by molar-refractivity contribution is 6.40. The fraction of sp³-hybridized carbons (Fsp3) is 0.200. The predicted molar refractivity (Wildman–Crippen MR) is 63.9 cm³/mol. The molecular formula is C10H9Cl2NO4. The van der Waals surface area contributed by atoms with E-state index in [-0.39, 0.29) is 27.9 Å². The third-order valence-corrected chi connectivity index (χ3v) is 2.43. The van der Waals surface area contributed by atoms with Crippen molar-refractivity contribution in [1.29, 1.82) is 0 Å². The molecule has 0 bridgehead atoms. The second-order valence-electron chi connectivity index (χ2n) is 3.10. The molecule has 1 amide bonds. The van der Waals surface area contributed by atoms with Gasteiger partial charge in [-0.3, -0.25) is 4.79 Å². The third-order valence-electron chi connectivity index (χ3n) is 1.83. The van der Waals surface area contributed by atoms with Crippen LogP contribution in [0.3, 0.4) is 0 Å². The molecule has 0 saturated heterocycles. The molecule has 0 fully saturated rings. The number of nitrogens with one attached hydrogen (secondary N) is 1. The molecular weight excluding hydrogens is 269 g/mol. The van der Waals surface area contributed by atoms with E-state index in [9.17, 15) is 9.59 Å². The van der Waals surface area contributed by atoms with Gasteiger partial charge < -0.3 is 15.2 Å². The van der Waals surface area contributed by atoms with E-state index in [2.05, 4.69) is 10.1 Å². The zero-order chi connectivity index (χ0) is 13.0. The van der Waals surface area contributed by atoms with Crippen LogP contribution in [-0.2, 0) is 9.53 Å². The number of anilines is 1. The molecule has 0 aromatic heterocycles. The van der Waals surface area contributed by atoms with Gasteiger partial charge in [-0.1, -0.05) is 23.2 Å². The Hall–Kier alpha value is -1.30. The molecule has 2 N–H and O–H groups in total. The Morgan fingerprint density at radius 1 is 1.35 bits per heavy atom. The Labute approximate surface area is 107 Å². The van der Waals surface area contributed by atoms with Crippen LogP contribution < -0.4 is 5.32 Å². The number of ether oxygens (including phenoxy) is 1. The highest BCUT2D eigenvalue weighted by atomic mass is 35.5. The van der Waals surface area contributed by atoms with Crippen molar-refractivity contribution in [1.82, 2.24) is 0 Å². The number of carboxylic acid groups (broad SMARTS) is 1. The van der Waals surface area contributed by atoms with Gasteiger partial charge in [-0.2, -0.15) is 0 Å². The van der Waals surface area contributed by atoms with E-state index < -0.39 is 11.9 Å². The lowest BCUT2D eigenvalue weighted by atomic mass is 10.2. The van der Waals surface area contributed by atoms with Gasteiger partial charge >= 0.3 is 5.97 Å². The normalized spacial score (nSPS) is 10.1. The van der Waals surface area contributed by atoms with Gasteiger partial charge in [-0.05, 0) is 12.1 Å². The van der Waals surface area contributed by atoms with Crippen molar-refractivity contribution in [2.75, 3.05) is 19.0 Å². The molecule has 1 rings (SSSR count). The Morgan fingerprint density at radius 2 is 1.88 bits per heavy atom. The van der Waals surface area contributed by atoms with Gasteiger partial charge in [-0.15, -0.1) is 0 Å². The number of benzene rings is 1. The number of amides is 1. The molecule has 17 heavy (non-hydrogen) atoms. The molecule has 0 heterocycles. The summed E-state index contributed by atoms with van der Waals surface area (Å²) in [6, 6.07) is 2.41. The van der Waals surface area contributed by atoms with Gasteiger partial charge in [0.2, 0.25) is 5.91 Å². The third kappa shape index (κ3) is 3.59. The van der Waals surface area contributed by atoms with Crippen molar-refractivity contribution in [3.63, 3.8) is 0 Å². The number of methoxy groups -OCH3 is 1. The number of hydrogen-bond acceptors (Lipinski definition) is 3. The number of aromatic carboxylic acids is 1. The number of halogens is 2. The van der Waals surface area contributed by atoms with Gasteiger partial charge in [0.05, 0.1) is 21.3 Å². The lowest BCUT2D eigenvalue weighted by Gasteiger charge is -2.09. The van der Waals surface area contributed by atoms with Crippen molar-refractivity contribution in [2.45, 2.75) is 0 Å². The summed E-state index contributed by atoms with van der Waals surface area (Å²) in [5.41, 5.74) is 0.116. The highest BCUT2D eigenvalue weighted by Gasteiger charge is 2.14. The van der Waals surface area contributed by atoms with E-state index in [1.165, 1.54) is 19.2 Å². The fourth-order valence-corrected chi connectivity index (χ4v) is 1.70. The molecule has 0 saturated carbocycles. The number of rotatable bonds is 4. The second-order valence-corrected chi connectivity index (χ2v) is 3.92. The van der Waals surface area contributed by atoms with Crippen molar-refractivity contribution in [3.8, 4) is 0 Å². The highest BCUT2D eigenvalue weighted by Crippen LogP contribution is 2.31. The summed E-state index contributed by atoms with van der Waals surface area (Å²) in [6.45, 7) is -0.145. The van der Waals surface area contributed by atoms with Gasteiger partial charge in [0, 0.05) is 7.11 Å². The number of carbonyl (C=O) groups excluding carboxylic acids is 1. The summed E-state index contributed by atoms with van der Waals surface area (Å²) in [7, 11) is 1.37. The molecule has 0 radical (unpaired) electrons. The predicted octanol–water partition coefficient (Wildman–Crippen LogP) is 2.28. The van der Waals surface area contributed by atoms with Crippen molar-refractivity contribution in [3.05, 3.63) is 27.7 Å². The van der Waals surface area contributed by atoms with Crippen LogP contribution in [0.25, 0.3) is 0 Å². The minimum absolute atomic E-state index is 0.0512. The van der Waals surface area contributed by atoms with Gasteiger partial charge in [0.15, 0.2) is 0 Å². The molecule has 0 spiro atoms. The van der Waals surface area contributed by atoms with E-state index in [0.29, 0.717) is 0 Å². The van der Waals surface area contributed by atoms with Crippen molar-refractivity contribution < 1.29 is 19.4 Å². The maximum absolute atomic E-state index is 11.3. The quantitative estimate of drug-likeness (QED) is 0.885. The maximum atomic E-state index is 11.3. The summed E-state index contributed by atoms with van der Waals surface area (Å²) in [5, 5.41) is 11.3. The Bertz CT molecular complexity index is 439. The van der Waals surface area contributed by atoms with E-state index in [0.717, 1.165) is 0 Å². The first-order valence-electron chi connectivity index (χ1n) is 4.46. The lowest BCUT2D eigenvalue weighted by molar-refractivity contribution is -0.119. The smallest absolute Gasteiger partial charge is 0.335 e. The molecule has 1 aromatic rings. The first-order chi connectivity index (χ1) is 7.95. The van der Waals surface area contributed by atoms with Crippen LogP contribution in [-0.4, -0.2) is 30.7 Å². The molecule has 0 aliphatic heterocycles. The van der Waals surface area contributed by atoms with Crippen LogP contribution in [0.2, 0.25) is 10.0 Å². The Morgan fingerprint density at radius 3 is 2.29 bits per heavy atom. The fourth-order valence-electron chi connectivity index (χ4n) is 1.12. The number of hydrogen-bond donors (Lipinski definition) is 2. The topological polar surface area (TPSA) is 75.6 Å². The average molecular weight is 278 g/mol. The largest absolute Gasteiger partial charge is 0.478 e. The summed E-state index contributed by atoms with van der Waals surface area (Å²) < 4.78 is 4.63. The molecule has 1 aromatic carbocycles. The second kappa shape index (κ2) is 5.86. The molecule has 92 valence electrons. The first-order valence-corrected chi connectivity index (χ1v) is 5.22. The molecule has 7 heteroatoms. The molecule has 0 atom stereocenters. The zero-order valence-corrected chi connectivity index (χ0v) is 10.3. The molecule has 0 aliphatic carbocycles. The first kappa shape index (κ1) is 13.8. The van der Waals surface area contributed by atoms with Gasteiger partial charge in [0.25, 0.3) is 0 Å². The van der Waals surface area contributed by atoms with Crippen LogP contribution >= 0.6 is 23.2 Å². The SMILES string of the molecule is COCC(=O)Nc1c(Cl)cc(C(=O)O)cc1Cl. The van der Waals surface area contributed by atoms with Gasteiger partial charge in [-0.25, -0.2) is 4.79 Å². The number of carboxylic acids is 1. The summed E-state index contributed by atoms with van der Waals surface area (Å²) >= 11 is 11.6. The maximum Gasteiger partial charge on any atom is 0.335 e. The van der Waals surface area contributed by atoms with Crippen LogP contribution in [0.5, 0.6) is 0 Å². The molecule has 0 aliphatic rings. The average Bonchev–Trinajstić information content (AvgIpc) is 2.23. The van der Waals surface area contributed by atoms with E-state index in [4.69, 9.17) is 28.3 Å². The number of carbonyl (C=O) groups is 2. The standard InChI is InChI=1S/C10H9Cl2NO4/c1-17-4-8(14)13-9-6(11)2-5(10(15)16)3-7(9)12/h2-3H,4H2,1H3,(H,13,14)(H,15,16). The lowest BCUT2D eigenvalue weighted by Crippen LogP contribution is -2.17. The van der Waals surface area contributed by atoms with E-state index in [1.54, 1.807) is 0 Å². The Kier molecular flexibility index (Phi) is 4.74. The summed E-state index contributed by atoms with van der Waals surface area (Å²) in [4.78, 5) is 22.0. The van der Waals surface area contributed by atoms with Crippen LogP contribution in [0.1, 0.15) is 10.4 Å². The van der Waals surface area contributed by atoms with Crippen LogP contribution in [0, 0.1) is 0 Å².